The lowest BCUT2D eigenvalue weighted by molar-refractivity contribution is 0.125. The first-order chi connectivity index (χ1) is 9.72. The van der Waals surface area contributed by atoms with Gasteiger partial charge in [-0.1, -0.05) is 30.2 Å². The lowest BCUT2D eigenvalue weighted by atomic mass is 9.89. The van der Waals surface area contributed by atoms with Crippen LogP contribution in [0.5, 0.6) is 0 Å². The van der Waals surface area contributed by atoms with Crippen molar-refractivity contribution < 1.29 is 0 Å². The second-order valence-corrected chi connectivity index (χ2v) is 6.91. The van der Waals surface area contributed by atoms with E-state index in [1.165, 1.54) is 57.2 Å². The number of benzene rings is 1. The Kier molecular flexibility index (Phi) is 4.65. The van der Waals surface area contributed by atoms with E-state index in [0.717, 1.165) is 10.9 Å². The summed E-state index contributed by atoms with van der Waals surface area (Å²) in [4.78, 5) is 2.65. The molecule has 2 aliphatic rings. The molecule has 20 heavy (non-hydrogen) atoms. The first-order valence-corrected chi connectivity index (χ1v) is 8.34. The molecule has 0 radical (unpaired) electrons. The maximum Gasteiger partial charge on any atom is 0.0406 e. The molecule has 1 aromatic carbocycles. The number of piperidine rings is 1. The molecule has 2 unspecified atom stereocenters. The van der Waals surface area contributed by atoms with Crippen LogP contribution in [0.2, 0.25) is 5.02 Å². The molecule has 1 aromatic rings. The Bertz CT molecular complexity index is 423. The van der Waals surface area contributed by atoms with E-state index >= 15 is 0 Å². The highest BCUT2D eigenvalue weighted by Gasteiger charge is 2.31. The van der Waals surface area contributed by atoms with Gasteiger partial charge in [0, 0.05) is 17.1 Å². The average Bonchev–Trinajstić information content (AvgIpc) is 2.89. The molecule has 0 amide bonds. The van der Waals surface area contributed by atoms with E-state index in [4.69, 9.17) is 17.3 Å². The number of likely N-dealkylation sites (tertiary alicyclic amines) is 1. The van der Waals surface area contributed by atoms with Gasteiger partial charge in [-0.2, -0.15) is 0 Å². The second-order valence-electron chi connectivity index (χ2n) is 6.47. The Labute approximate surface area is 127 Å². The molecule has 2 nitrogen and oxygen atoms in total. The van der Waals surface area contributed by atoms with Crippen LogP contribution in [0.3, 0.4) is 0 Å². The molecular formula is C17H25ClN2. The van der Waals surface area contributed by atoms with Crippen LogP contribution in [0.4, 0.5) is 0 Å². The van der Waals surface area contributed by atoms with Crippen LogP contribution < -0.4 is 5.73 Å². The normalized spacial score (nSPS) is 28.9. The summed E-state index contributed by atoms with van der Waals surface area (Å²) in [5, 5.41) is 0.832. The summed E-state index contributed by atoms with van der Waals surface area (Å²) in [6.07, 6.45) is 7.66. The van der Waals surface area contributed by atoms with Crippen molar-refractivity contribution in [3.63, 3.8) is 0 Å². The van der Waals surface area contributed by atoms with Crippen molar-refractivity contribution in [2.45, 2.75) is 50.6 Å². The number of rotatable bonds is 3. The third-order valence-corrected chi connectivity index (χ3v) is 5.34. The standard InChI is InChI=1S/C17H25ClN2/c18-15-6-4-13(5-7-15)12-14-8-10-20(11-9-14)17-3-1-2-16(17)19/h4-7,14,16-17H,1-3,8-12,19H2. The molecule has 1 aliphatic heterocycles. The van der Waals surface area contributed by atoms with Crippen LogP contribution in [-0.2, 0) is 6.42 Å². The first kappa shape index (κ1) is 14.4. The molecule has 1 saturated heterocycles. The third-order valence-electron chi connectivity index (χ3n) is 5.09. The van der Waals surface area contributed by atoms with Gasteiger partial charge in [0.15, 0.2) is 0 Å². The molecule has 3 heteroatoms. The van der Waals surface area contributed by atoms with Crippen LogP contribution in [0.25, 0.3) is 0 Å². The second kappa shape index (κ2) is 6.46. The lowest BCUT2D eigenvalue weighted by Gasteiger charge is -2.37. The van der Waals surface area contributed by atoms with Crippen LogP contribution >= 0.6 is 11.6 Å². The van der Waals surface area contributed by atoms with E-state index < -0.39 is 0 Å². The molecule has 1 saturated carbocycles. The molecular weight excluding hydrogens is 268 g/mol. The van der Waals surface area contributed by atoms with Gasteiger partial charge in [-0.15, -0.1) is 0 Å². The van der Waals surface area contributed by atoms with Crippen molar-refractivity contribution in [1.82, 2.24) is 4.90 Å². The maximum atomic E-state index is 6.23. The minimum atomic E-state index is 0.419. The third kappa shape index (κ3) is 3.36. The Morgan fingerprint density at radius 3 is 2.35 bits per heavy atom. The fourth-order valence-electron chi connectivity index (χ4n) is 3.87. The van der Waals surface area contributed by atoms with Crippen molar-refractivity contribution in [3.05, 3.63) is 34.9 Å². The number of hydrogen-bond acceptors (Lipinski definition) is 2. The number of hydrogen-bond donors (Lipinski definition) is 1. The molecule has 2 N–H and O–H groups in total. The molecule has 0 aromatic heterocycles. The van der Waals surface area contributed by atoms with E-state index in [-0.39, 0.29) is 0 Å². The highest BCUT2D eigenvalue weighted by molar-refractivity contribution is 6.30. The van der Waals surface area contributed by atoms with Gasteiger partial charge in [-0.25, -0.2) is 0 Å². The predicted molar refractivity (Wildman–Crippen MR) is 85.1 cm³/mol. The SMILES string of the molecule is NC1CCCC1N1CCC(Cc2ccc(Cl)cc2)CC1. The van der Waals surface area contributed by atoms with Gasteiger partial charge in [0.2, 0.25) is 0 Å². The van der Waals surface area contributed by atoms with Gasteiger partial charge in [-0.3, -0.25) is 4.90 Å². The minimum absolute atomic E-state index is 0.419. The van der Waals surface area contributed by atoms with Gasteiger partial charge in [0.1, 0.15) is 0 Å². The van der Waals surface area contributed by atoms with Gasteiger partial charge >= 0.3 is 0 Å². The number of nitrogens with zero attached hydrogens (tertiary/aromatic N) is 1. The zero-order valence-corrected chi connectivity index (χ0v) is 12.9. The van der Waals surface area contributed by atoms with Crippen molar-refractivity contribution in [3.8, 4) is 0 Å². The summed E-state index contributed by atoms with van der Waals surface area (Å²) in [5.74, 6) is 0.824. The molecule has 0 spiro atoms. The Morgan fingerprint density at radius 1 is 1.05 bits per heavy atom. The zero-order chi connectivity index (χ0) is 13.9. The van der Waals surface area contributed by atoms with Gasteiger partial charge in [0.05, 0.1) is 0 Å². The van der Waals surface area contributed by atoms with E-state index in [2.05, 4.69) is 17.0 Å². The Hall–Kier alpha value is -0.570. The average molecular weight is 293 g/mol. The van der Waals surface area contributed by atoms with Gasteiger partial charge in [0.25, 0.3) is 0 Å². The first-order valence-electron chi connectivity index (χ1n) is 7.96. The van der Waals surface area contributed by atoms with Crippen LogP contribution in [0, 0.1) is 5.92 Å². The van der Waals surface area contributed by atoms with Gasteiger partial charge < -0.3 is 5.73 Å². The highest BCUT2D eigenvalue weighted by Crippen LogP contribution is 2.28. The largest absolute Gasteiger partial charge is 0.326 e. The Balaban J connectivity index is 1.49. The maximum absolute atomic E-state index is 6.23. The molecule has 110 valence electrons. The quantitative estimate of drug-likeness (QED) is 0.924. The van der Waals surface area contributed by atoms with Crippen molar-refractivity contribution in [1.29, 1.82) is 0 Å². The van der Waals surface area contributed by atoms with Crippen molar-refractivity contribution in [2.75, 3.05) is 13.1 Å². The molecule has 1 heterocycles. The smallest absolute Gasteiger partial charge is 0.0406 e. The summed E-state index contributed by atoms with van der Waals surface area (Å²) in [6.45, 7) is 2.47. The summed E-state index contributed by atoms with van der Waals surface area (Å²) in [5.41, 5.74) is 7.65. The van der Waals surface area contributed by atoms with E-state index in [1.807, 2.05) is 12.1 Å². The van der Waals surface area contributed by atoms with E-state index in [1.54, 1.807) is 0 Å². The molecule has 2 fully saturated rings. The monoisotopic (exact) mass is 292 g/mol. The molecule has 0 bridgehead atoms. The summed E-state index contributed by atoms with van der Waals surface area (Å²) >= 11 is 5.94. The summed E-state index contributed by atoms with van der Waals surface area (Å²) in [7, 11) is 0. The minimum Gasteiger partial charge on any atom is -0.326 e. The number of nitrogens with two attached hydrogens (primary N) is 1. The van der Waals surface area contributed by atoms with E-state index in [9.17, 15) is 0 Å². The fourth-order valence-corrected chi connectivity index (χ4v) is 3.99. The highest BCUT2D eigenvalue weighted by atomic mass is 35.5. The van der Waals surface area contributed by atoms with Crippen LogP contribution in [0.1, 0.15) is 37.7 Å². The molecule has 2 atom stereocenters. The topological polar surface area (TPSA) is 29.3 Å². The Morgan fingerprint density at radius 2 is 1.75 bits per heavy atom. The summed E-state index contributed by atoms with van der Waals surface area (Å²) in [6, 6.07) is 9.42. The zero-order valence-electron chi connectivity index (χ0n) is 12.1. The van der Waals surface area contributed by atoms with Crippen LogP contribution in [-0.4, -0.2) is 30.1 Å². The van der Waals surface area contributed by atoms with E-state index in [0.29, 0.717) is 12.1 Å². The number of halogens is 1. The van der Waals surface area contributed by atoms with Gasteiger partial charge in [-0.05, 0) is 68.8 Å². The predicted octanol–water partition coefficient (Wildman–Crippen LogP) is 3.47. The lowest BCUT2D eigenvalue weighted by Crippen LogP contribution is -2.48. The molecule has 3 rings (SSSR count). The van der Waals surface area contributed by atoms with Crippen molar-refractivity contribution in [2.24, 2.45) is 11.7 Å². The van der Waals surface area contributed by atoms with Crippen LogP contribution in [0.15, 0.2) is 24.3 Å². The molecule has 1 aliphatic carbocycles. The summed E-state index contributed by atoms with van der Waals surface area (Å²) < 4.78 is 0. The fraction of sp³-hybridized carbons (Fsp3) is 0.647. The van der Waals surface area contributed by atoms with Crippen molar-refractivity contribution >= 4 is 11.6 Å².